The number of tetrazole rings is 1. The maximum atomic E-state index is 12.8. The molecular weight excluding hydrogens is 420 g/mol. The summed E-state index contributed by atoms with van der Waals surface area (Å²) >= 11 is 1.57. The Labute approximate surface area is 193 Å². The molecule has 3 aromatic rings. The number of nitrogens with zero attached hydrogens (tertiary/aromatic N) is 5. The standard InChI is InChI=1S/C24H30N6OS/c1-19-12-16-29(17-13-19)15-7-14-25-24(31)21-10-5-6-11-22(21)32-18-23-26-27-28-30(23)20-8-3-2-4-9-20/h2-6,8-11,19H,7,12-18H2,1H3,(H,25,31). The number of carbonyl (C=O) groups excluding carboxylic acids is 1. The number of hydrogen-bond acceptors (Lipinski definition) is 6. The summed E-state index contributed by atoms with van der Waals surface area (Å²) in [6.07, 6.45) is 3.54. The molecular formula is C24H30N6OS. The SMILES string of the molecule is CC1CCN(CCCNC(=O)c2ccccc2SCc2nnnn2-c2ccccc2)CC1. The van der Waals surface area contributed by atoms with Crippen molar-refractivity contribution in [1.82, 2.24) is 30.4 Å². The first-order valence-electron chi connectivity index (χ1n) is 11.3. The highest BCUT2D eigenvalue weighted by Gasteiger charge is 2.16. The van der Waals surface area contributed by atoms with Crippen LogP contribution in [0.3, 0.4) is 0 Å². The van der Waals surface area contributed by atoms with Crippen molar-refractivity contribution < 1.29 is 4.79 Å². The van der Waals surface area contributed by atoms with Crippen molar-refractivity contribution in [3.63, 3.8) is 0 Å². The summed E-state index contributed by atoms with van der Waals surface area (Å²) in [5.74, 6) is 2.13. The average molecular weight is 451 g/mol. The van der Waals surface area contributed by atoms with Crippen molar-refractivity contribution in [3.05, 3.63) is 66.0 Å². The van der Waals surface area contributed by atoms with E-state index in [9.17, 15) is 4.79 Å². The molecule has 0 unspecified atom stereocenters. The molecule has 0 radical (unpaired) electrons. The predicted molar refractivity (Wildman–Crippen MR) is 127 cm³/mol. The molecule has 0 bridgehead atoms. The fraction of sp³-hybridized carbons (Fsp3) is 0.417. The molecule has 1 aromatic heterocycles. The van der Waals surface area contributed by atoms with Crippen LogP contribution in [-0.4, -0.2) is 57.2 Å². The van der Waals surface area contributed by atoms with Gasteiger partial charge in [-0.05, 0) is 79.5 Å². The number of aromatic nitrogens is 4. The van der Waals surface area contributed by atoms with Crippen molar-refractivity contribution in [2.75, 3.05) is 26.2 Å². The smallest absolute Gasteiger partial charge is 0.252 e. The molecule has 1 fully saturated rings. The number of carbonyl (C=O) groups is 1. The van der Waals surface area contributed by atoms with Crippen LogP contribution < -0.4 is 5.32 Å². The minimum absolute atomic E-state index is 0.0250. The van der Waals surface area contributed by atoms with Crippen LogP contribution in [0.15, 0.2) is 59.5 Å². The Bertz CT molecular complexity index is 1000. The van der Waals surface area contributed by atoms with Crippen molar-refractivity contribution in [2.45, 2.75) is 36.8 Å². The number of benzene rings is 2. The van der Waals surface area contributed by atoms with Crippen LogP contribution in [0.4, 0.5) is 0 Å². The molecule has 1 saturated heterocycles. The van der Waals surface area contributed by atoms with E-state index < -0.39 is 0 Å². The van der Waals surface area contributed by atoms with Crippen molar-refractivity contribution in [3.8, 4) is 5.69 Å². The van der Waals surface area contributed by atoms with Gasteiger partial charge in [0.1, 0.15) is 0 Å². The van der Waals surface area contributed by atoms with Crippen LogP contribution in [0.2, 0.25) is 0 Å². The topological polar surface area (TPSA) is 75.9 Å². The van der Waals surface area contributed by atoms with Gasteiger partial charge >= 0.3 is 0 Å². The monoisotopic (exact) mass is 450 g/mol. The van der Waals surface area contributed by atoms with Crippen molar-refractivity contribution >= 4 is 17.7 Å². The predicted octanol–water partition coefficient (Wildman–Crippen LogP) is 3.81. The van der Waals surface area contributed by atoms with Gasteiger partial charge in [-0.15, -0.1) is 16.9 Å². The third kappa shape index (κ3) is 5.95. The van der Waals surface area contributed by atoms with Crippen LogP contribution in [0, 0.1) is 5.92 Å². The first-order chi connectivity index (χ1) is 15.7. The molecule has 1 amide bonds. The molecule has 1 aliphatic rings. The van der Waals surface area contributed by atoms with Gasteiger partial charge in [0.25, 0.3) is 5.91 Å². The van der Waals surface area contributed by atoms with Gasteiger partial charge in [-0.2, -0.15) is 4.68 Å². The van der Waals surface area contributed by atoms with E-state index in [1.807, 2.05) is 54.6 Å². The molecule has 2 heterocycles. The number of amides is 1. The molecule has 1 N–H and O–H groups in total. The summed E-state index contributed by atoms with van der Waals surface area (Å²) in [7, 11) is 0. The molecule has 0 saturated carbocycles. The summed E-state index contributed by atoms with van der Waals surface area (Å²) in [5, 5.41) is 15.2. The zero-order chi connectivity index (χ0) is 22.2. The van der Waals surface area contributed by atoms with E-state index in [1.165, 1.54) is 25.9 Å². The van der Waals surface area contributed by atoms with E-state index in [1.54, 1.807) is 16.4 Å². The number of hydrogen-bond donors (Lipinski definition) is 1. The molecule has 1 aliphatic heterocycles. The lowest BCUT2D eigenvalue weighted by Gasteiger charge is -2.30. The maximum absolute atomic E-state index is 12.8. The van der Waals surface area contributed by atoms with E-state index in [0.29, 0.717) is 17.9 Å². The van der Waals surface area contributed by atoms with Gasteiger partial charge in [0.2, 0.25) is 0 Å². The molecule has 0 spiro atoms. The Hall–Kier alpha value is -2.71. The minimum atomic E-state index is -0.0250. The number of piperidine rings is 1. The number of para-hydroxylation sites is 1. The lowest BCUT2D eigenvalue weighted by molar-refractivity contribution is 0.0947. The highest BCUT2D eigenvalue weighted by molar-refractivity contribution is 7.98. The molecule has 32 heavy (non-hydrogen) atoms. The Morgan fingerprint density at radius 2 is 1.84 bits per heavy atom. The van der Waals surface area contributed by atoms with Crippen LogP contribution in [0.25, 0.3) is 5.69 Å². The van der Waals surface area contributed by atoms with Crippen LogP contribution in [0.5, 0.6) is 0 Å². The Balaban J connectivity index is 1.30. The molecule has 7 nitrogen and oxygen atoms in total. The van der Waals surface area contributed by atoms with Gasteiger partial charge in [-0.1, -0.05) is 37.3 Å². The normalized spacial score (nSPS) is 15.0. The summed E-state index contributed by atoms with van der Waals surface area (Å²) in [6, 6.07) is 17.5. The Kier molecular flexibility index (Phi) is 7.90. The third-order valence-corrected chi connectivity index (χ3v) is 6.91. The van der Waals surface area contributed by atoms with E-state index in [4.69, 9.17) is 0 Å². The van der Waals surface area contributed by atoms with Gasteiger partial charge in [0.05, 0.1) is 17.0 Å². The van der Waals surface area contributed by atoms with E-state index in [-0.39, 0.29) is 5.91 Å². The minimum Gasteiger partial charge on any atom is -0.352 e. The zero-order valence-corrected chi connectivity index (χ0v) is 19.3. The third-order valence-electron chi connectivity index (χ3n) is 5.84. The molecule has 4 rings (SSSR count). The zero-order valence-electron chi connectivity index (χ0n) is 18.5. The second-order valence-corrected chi connectivity index (χ2v) is 9.28. The van der Waals surface area contributed by atoms with Gasteiger partial charge in [0.15, 0.2) is 5.82 Å². The van der Waals surface area contributed by atoms with Crippen molar-refractivity contribution in [1.29, 1.82) is 0 Å². The first-order valence-corrected chi connectivity index (χ1v) is 12.2. The molecule has 168 valence electrons. The van der Waals surface area contributed by atoms with E-state index >= 15 is 0 Å². The Morgan fingerprint density at radius 3 is 2.66 bits per heavy atom. The fourth-order valence-corrected chi connectivity index (χ4v) is 4.83. The van der Waals surface area contributed by atoms with E-state index in [2.05, 4.69) is 32.7 Å². The molecule has 8 heteroatoms. The second kappa shape index (κ2) is 11.2. The molecule has 2 aromatic carbocycles. The molecule has 0 atom stereocenters. The van der Waals surface area contributed by atoms with Gasteiger partial charge in [-0.3, -0.25) is 4.79 Å². The van der Waals surface area contributed by atoms with Crippen LogP contribution in [-0.2, 0) is 5.75 Å². The van der Waals surface area contributed by atoms with Gasteiger partial charge < -0.3 is 10.2 Å². The Morgan fingerprint density at radius 1 is 1.09 bits per heavy atom. The van der Waals surface area contributed by atoms with Crippen LogP contribution in [0.1, 0.15) is 42.4 Å². The summed E-state index contributed by atoms with van der Waals surface area (Å²) < 4.78 is 1.73. The van der Waals surface area contributed by atoms with Crippen molar-refractivity contribution in [2.24, 2.45) is 5.92 Å². The first kappa shape index (κ1) is 22.5. The largest absolute Gasteiger partial charge is 0.352 e. The fourth-order valence-electron chi connectivity index (χ4n) is 3.87. The van der Waals surface area contributed by atoms with E-state index in [0.717, 1.165) is 35.3 Å². The average Bonchev–Trinajstić information content (AvgIpc) is 3.31. The molecule has 0 aliphatic carbocycles. The summed E-state index contributed by atoms with van der Waals surface area (Å²) in [6.45, 7) is 6.42. The maximum Gasteiger partial charge on any atom is 0.252 e. The van der Waals surface area contributed by atoms with Gasteiger partial charge in [-0.25, -0.2) is 0 Å². The van der Waals surface area contributed by atoms with Crippen LogP contribution >= 0.6 is 11.8 Å². The summed E-state index contributed by atoms with van der Waals surface area (Å²) in [4.78, 5) is 16.3. The highest BCUT2D eigenvalue weighted by Crippen LogP contribution is 2.26. The quantitative estimate of drug-likeness (QED) is 0.395. The lowest BCUT2D eigenvalue weighted by Crippen LogP contribution is -2.35. The number of nitrogens with one attached hydrogen (secondary N) is 1. The number of rotatable bonds is 9. The second-order valence-electron chi connectivity index (χ2n) is 8.26. The number of likely N-dealkylation sites (tertiary alicyclic amines) is 1. The number of thioether (sulfide) groups is 1. The summed E-state index contributed by atoms with van der Waals surface area (Å²) in [5.41, 5.74) is 1.62. The van der Waals surface area contributed by atoms with Gasteiger partial charge in [0, 0.05) is 11.4 Å². The highest BCUT2D eigenvalue weighted by atomic mass is 32.2. The lowest BCUT2D eigenvalue weighted by atomic mass is 9.99.